The average Bonchev–Trinajstić information content (AvgIpc) is 3.11. The highest BCUT2D eigenvalue weighted by atomic mass is 32.1. The van der Waals surface area contributed by atoms with Crippen LogP contribution >= 0.6 is 23.6 Å². The first-order valence-corrected chi connectivity index (χ1v) is 10.0. The number of hydrogen-bond acceptors (Lipinski definition) is 6. The van der Waals surface area contributed by atoms with Crippen molar-refractivity contribution in [3.63, 3.8) is 0 Å². The summed E-state index contributed by atoms with van der Waals surface area (Å²) < 4.78 is 4.88. The minimum atomic E-state index is -0.353. The number of nitrogens with zero attached hydrogens (tertiary/aromatic N) is 2. The number of piperazine rings is 1. The number of carbonyl (C=O) groups is 1. The van der Waals surface area contributed by atoms with E-state index in [1.165, 1.54) is 18.4 Å². The summed E-state index contributed by atoms with van der Waals surface area (Å²) >= 11 is 7.11. The number of aryl methyl sites for hydroxylation is 1. The monoisotopic (exact) mass is 405 g/mol. The molecule has 1 aromatic carbocycles. The number of phenols is 1. The molecule has 0 aliphatic carbocycles. The smallest absolute Gasteiger partial charge is 0.340 e. The Hall–Kier alpha value is -2.32. The van der Waals surface area contributed by atoms with Gasteiger partial charge in [0, 0.05) is 36.7 Å². The molecule has 3 rings (SSSR count). The molecule has 8 heteroatoms. The van der Waals surface area contributed by atoms with Crippen molar-refractivity contribution in [2.45, 2.75) is 13.3 Å². The van der Waals surface area contributed by atoms with Crippen LogP contribution in [-0.4, -0.2) is 54.4 Å². The molecule has 2 aromatic rings. The van der Waals surface area contributed by atoms with E-state index in [-0.39, 0.29) is 11.7 Å². The molecule has 6 nitrogen and oxygen atoms in total. The van der Waals surface area contributed by atoms with E-state index in [4.69, 9.17) is 17.0 Å². The van der Waals surface area contributed by atoms with Gasteiger partial charge >= 0.3 is 5.97 Å². The summed E-state index contributed by atoms with van der Waals surface area (Å²) in [5.74, 6) is -0.0834. The molecule has 2 N–H and O–H groups in total. The molecule has 2 heterocycles. The minimum absolute atomic E-state index is 0.270. The summed E-state index contributed by atoms with van der Waals surface area (Å²) in [6.07, 6.45) is 0.856. The molecule has 1 fully saturated rings. The number of aromatic hydroxyl groups is 1. The molecule has 144 valence electrons. The Balaban J connectivity index is 1.62. The standard InChI is InChI=1S/C19H23N3O3S2/c1-3-15-12-16(18(24)25-2)17(27-15)20-19(26)22-10-8-21(9-11-22)13-4-6-14(23)7-5-13/h4-7,12,23H,3,8-11H2,1-2H3,(H,20,26). The van der Waals surface area contributed by atoms with Crippen molar-refractivity contribution < 1.29 is 14.6 Å². The summed E-state index contributed by atoms with van der Waals surface area (Å²) in [4.78, 5) is 17.5. The maximum absolute atomic E-state index is 12.0. The zero-order valence-corrected chi connectivity index (χ0v) is 17.0. The van der Waals surface area contributed by atoms with Crippen molar-refractivity contribution in [3.8, 4) is 5.75 Å². The highest BCUT2D eigenvalue weighted by molar-refractivity contribution is 7.80. The van der Waals surface area contributed by atoms with Crippen LogP contribution in [0.2, 0.25) is 0 Å². The third-order valence-electron chi connectivity index (χ3n) is 4.54. The fourth-order valence-corrected chi connectivity index (χ4v) is 4.31. The number of anilines is 2. The van der Waals surface area contributed by atoms with Gasteiger partial charge in [-0.15, -0.1) is 11.3 Å². The first-order chi connectivity index (χ1) is 13.0. The van der Waals surface area contributed by atoms with Gasteiger partial charge < -0.3 is 25.0 Å². The maximum Gasteiger partial charge on any atom is 0.340 e. The summed E-state index contributed by atoms with van der Waals surface area (Å²) in [5, 5.41) is 14.0. The molecular formula is C19H23N3O3S2. The van der Waals surface area contributed by atoms with Gasteiger partial charge in [-0.25, -0.2) is 4.79 Å². The van der Waals surface area contributed by atoms with E-state index >= 15 is 0 Å². The van der Waals surface area contributed by atoms with Crippen LogP contribution in [0.4, 0.5) is 10.7 Å². The molecule has 1 aromatic heterocycles. The highest BCUT2D eigenvalue weighted by Crippen LogP contribution is 2.30. The lowest BCUT2D eigenvalue weighted by molar-refractivity contribution is 0.0602. The van der Waals surface area contributed by atoms with Gasteiger partial charge in [0.2, 0.25) is 0 Å². The maximum atomic E-state index is 12.0. The second-order valence-electron chi connectivity index (χ2n) is 6.22. The number of nitrogens with one attached hydrogen (secondary N) is 1. The normalized spacial score (nSPS) is 14.1. The summed E-state index contributed by atoms with van der Waals surface area (Å²) in [6, 6.07) is 9.10. The van der Waals surface area contributed by atoms with Gasteiger partial charge in [-0.05, 0) is 49.0 Å². The van der Waals surface area contributed by atoms with Crippen molar-refractivity contribution >= 4 is 45.3 Å². The SMILES string of the molecule is CCc1cc(C(=O)OC)c(NC(=S)N2CCN(c3ccc(O)cc3)CC2)s1. The van der Waals surface area contributed by atoms with Gasteiger partial charge in [0.15, 0.2) is 5.11 Å². The Morgan fingerprint density at radius 2 is 1.93 bits per heavy atom. The summed E-state index contributed by atoms with van der Waals surface area (Å²) in [6.45, 7) is 5.29. The Labute approximate surface area is 168 Å². The first-order valence-electron chi connectivity index (χ1n) is 8.82. The van der Waals surface area contributed by atoms with Crippen LogP contribution in [0, 0.1) is 0 Å². The van der Waals surface area contributed by atoms with Crippen LogP contribution < -0.4 is 10.2 Å². The van der Waals surface area contributed by atoms with E-state index < -0.39 is 0 Å². The quantitative estimate of drug-likeness (QED) is 0.597. The predicted octanol–water partition coefficient (Wildman–Crippen LogP) is 3.32. The number of thiophene rings is 1. The van der Waals surface area contributed by atoms with E-state index in [1.807, 2.05) is 18.2 Å². The Morgan fingerprint density at radius 3 is 2.52 bits per heavy atom. The van der Waals surface area contributed by atoms with Crippen LogP contribution in [0.25, 0.3) is 0 Å². The molecule has 27 heavy (non-hydrogen) atoms. The minimum Gasteiger partial charge on any atom is -0.508 e. The van der Waals surface area contributed by atoms with E-state index in [9.17, 15) is 9.90 Å². The van der Waals surface area contributed by atoms with Gasteiger partial charge in [-0.2, -0.15) is 0 Å². The molecule has 0 unspecified atom stereocenters. The van der Waals surface area contributed by atoms with Gasteiger partial charge in [0.25, 0.3) is 0 Å². The number of benzene rings is 1. The number of esters is 1. The third kappa shape index (κ3) is 4.51. The number of carbonyl (C=O) groups excluding carboxylic acids is 1. The van der Waals surface area contributed by atoms with Crippen LogP contribution in [0.5, 0.6) is 5.75 Å². The number of hydrogen-bond donors (Lipinski definition) is 2. The van der Waals surface area contributed by atoms with Gasteiger partial charge in [0.05, 0.1) is 12.7 Å². The lowest BCUT2D eigenvalue weighted by Gasteiger charge is -2.37. The van der Waals surface area contributed by atoms with Gasteiger partial charge in [0.1, 0.15) is 10.8 Å². The number of ether oxygens (including phenoxy) is 1. The van der Waals surface area contributed by atoms with Crippen molar-refractivity contribution in [1.29, 1.82) is 0 Å². The third-order valence-corrected chi connectivity index (χ3v) is 6.09. The number of methoxy groups -OCH3 is 1. The molecule has 1 aliphatic rings. The fraction of sp³-hybridized carbons (Fsp3) is 0.368. The van der Waals surface area contributed by atoms with Crippen molar-refractivity contribution in [2.75, 3.05) is 43.5 Å². The van der Waals surface area contributed by atoms with Crippen LogP contribution in [0.15, 0.2) is 30.3 Å². The Kier molecular flexibility index (Phi) is 6.18. The molecule has 0 spiro atoms. The number of phenolic OH excluding ortho intramolecular Hbond substituents is 1. The molecule has 0 radical (unpaired) electrons. The molecule has 0 amide bonds. The van der Waals surface area contributed by atoms with E-state index in [0.29, 0.717) is 10.7 Å². The van der Waals surface area contributed by atoms with Gasteiger partial charge in [-0.1, -0.05) is 6.92 Å². The highest BCUT2D eigenvalue weighted by Gasteiger charge is 2.22. The molecule has 0 saturated carbocycles. The van der Waals surface area contributed by atoms with Crippen LogP contribution in [0.3, 0.4) is 0 Å². The second kappa shape index (κ2) is 8.58. The fourth-order valence-electron chi connectivity index (χ4n) is 2.98. The summed E-state index contributed by atoms with van der Waals surface area (Å²) in [7, 11) is 1.39. The zero-order chi connectivity index (χ0) is 19.4. The largest absolute Gasteiger partial charge is 0.508 e. The first kappa shape index (κ1) is 19.4. The molecular weight excluding hydrogens is 382 g/mol. The van der Waals surface area contributed by atoms with E-state index in [2.05, 4.69) is 22.0 Å². The predicted molar refractivity (Wildman–Crippen MR) is 113 cm³/mol. The van der Waals surface area contributed by atoms with E-state index in [1.54, 1.807) is 12.1 Å². The van der Waals surface area contributed by atoms with Crippen LogP contribution in [-0.2, 0) is 11.2 Å². The van der Waals surface area contributed by atoms with Gasteiger partial charge in [-0.3, -0.25) is 0 Å². The topological polar surface area (TPSA) is 65.0 Å². The van der Waals surface area contributed by atoms with Crippen molar-refractivity contribution in [3.05, 3.63) is 40.8 Å². The van der Waals surface area contributed by atoms with E-state index in [0.717, 1.165) is 48.2 Å². The zero-order valence-electron chi connectivity index (χ0n) is 15.4. The molecule has 0 bridgehead atoms. The second-order valence-corrected chi connectivity index (χ2v) is 7.74. The number of thiocarbonyl (C=S) groups is 1. The Bertz CT molecular complexity index is 812. The van der Waals surface area contributed by atoms with Crippen molar-refractivity contribution in [2.24, 2.45) is 0 Å². The average molecular weight is 406 g/mol. The molecule has 1 aliphatic heterocycles. The van der Waals surface area contributed by atoms with Crippen LogP contribution in [0.1, 0.15) is 22.2 Å². The lowest BCUT2D eigenvalue weighted by Crippen LogP contribution is -2.50. The van der Waals surface area contributed by atoms with Crippen molar-refractivity contribution in [1.82, 2.24) is 4.90 Å². The molecule has 0 atom stereocenters. The lowest BCUT2D eigenvalue weighted by atomic mass is 10.2. The number of rotatable bonds is 4. The summed E-state index contributed by atoms with van der Waals surface area (Å²) in [5.41, 5.74) is 1.62. The molecule has 1 saturated heterocycles. The Morgan fingerprint density at radius 1 is 1.26 bits per heavy atom.